The highest BCUT2D eigenvalue weighted by atomic mass is 16.1. The molecule has 1 aromatic carbocycles. The Balaban J connectivity index is 2.07. The molecular weight excluding hydrogens is 226 g/mol. The lowest BCUT2D eigenvalue weighted by Crippen LogP contribution is -2.27. The average Bonchev–Trinajstić information content (AvgIpc) is 2.41. The van der Waals surface area contributed by atoms with E-state index in [2.05, 4.69) is 5.32 Å². The van der Waals surface area contributed by atoms with E-state index < -0.39 is 0 Å². The molecule has 2 rings (SSSR count). The molecular formula is C14H17N3O. The van der Waals surface area contributed by atoms with Crippen LogP contribution in [0.5, 0.6) is 0 Å². The maximum absolute atomic E-state index is 12.0. The van der Waals surface area contributed by atoms with Crippen molar-refractivity contribution in [2.45, 2.75) is 19.4 Å². The van der Waals surface area contributed by atoms with Gasteiger partial charge in [-0.25, -0.2) is 0 Å². The molecule has 0 unspecified atom stereocenters. The molecule has 0 heterocycles. The second-order valence-corrected chi connectivity index (χ2v) is 4.21. The van der Waals surface area contributed by atoms with Crippen molar-refractivity contribution in [3.05, 3.63) is 58.9 Å². The first kappa shape index (κ1) is 12.4. The Morgan fingerprint density at radius 3 is 2.44 bits per heavy atom. The van der Waals surface area contributed by atoms with Crippen molar-refractivity contribution in [3.8, 4) is 0 Å². The van der Waals surface area contributed by atoms with Gasteiger partial charge in [-0.15, -0.1) is 0 Å². The number of carbonyl (C=O) groups excluding carboxylic acids is 1. The summed E-state index contributed by atoms with van der Waals surface area (Å²) in [6.07, 6.45) is 5.70. The molecule has 18 heavy (non-hydrogen) atoms. The molecule has 0 radical (unpaired) electrons. The van der Waals surface area contributed by atoms with E-state index in [1.165, 1.54) is 0 Å². The lowest BCUT2D eigenvalue weighted by atomic mass is 10.1. The van der Waals surface area contributed by atoms with Gasteiger partial charge in [0, 0.05) is 12.1 Å². The van der Waals surface area contributed by atoms with Gasteiger partial charge in [0.15, 0.2) is 0 Å². The minimum atomic E-state index is -0.150. The van der Waals surface area contributed by atoms with Crippen LogP contribution in [0.4, 0.5) is 0 Å². The van der Waals surface area contributed by atoms with Crippen LogP contribution in [0.3, 0.4) is 0 Å². The fourth-order valence-corrected chi connectivity index (χ4v) is 1.80. The normalized spacial score (nSPS) is 14.7. The number of nitrogens with one attached hydrogen (secondary N) is 1. The first-order valence-electron chi connectivity index (χ1n) is 5.97. The molecule has 1 amide bonds. The number of hydrogen-bond donors (Lipinski definition) is 3. The monoisotopic (exact) mass is 243 g/mol. The first-order valence-corrected chi connectivity index (χ1v) is 5.97. The van der Waals surface area contributed by atoms with Gasteiger partial charge in [-0.3, -0.25) is 4.79 Å². The van der Waals surface area contributed by atoms with Crippen LogP contribution in [-0.2, 0) is 6.54 Å². The molecule has 1 aromatic rings. The van der Waals surface area contributed by atoms with Gasteiger partial charge in [0.05, 0.1) is 11.4 Å². The minimum Gasteiger partial charge on any atom is -0.397 e. The van der Waals surface area contributed by atoms with Gasteiger partial charge in [-0.05, 0) is 30.5 Å². The highest BCUT2D eigenvalue weighted by Gasteiger charge is 2.11. The summed E-state index contributed by atoms with van der Waals surface area (Å²) in [5.74, 6) is -0.150. The summed E-state index contributed by atoms with van der Waals surface area (Å²) in [5, 5.41) is 2.82. The van der Waals surface area contributed by atoms with E-state index in [1.54, 1.807) is 12.1 Å². The summed E-state index contributed by atoms with van der Waals surface area (Å²) in [5.41, 5.74) is 14.3. The second-order valence-electron chi connectivity index (χ2n) is 4.21. The molecule has 0 bridgehead atoms. The van der Waals surface area contributed by atoms with Crippen LogP contribution in [0, 0.1) is 0 Å². The van der Waals surface area contributed by atoms with Crippen molar-refractivity contribution in [1.82, 2.24) is 5.32 Å². The molecule has 0 saturated heterocycles. The molecule has 0 saturated carbocycles. The summed E-state index contributed by atoms with van der Waals surface area (Å²) in [6.45, 7) is 0.475. The van der Waals surface area contributed by atoms with Gasteiger partial charge < -0.3 is 16.8 Å². The van der Waals surface area contributed by atoms with Gasteiger partial charge in [-0.2, -0.15) is 0 Å². The van der Waals surface area contributed by atoms with E-state index in [1.807, 2.05) is 24.3 Å². The lowest BCUT2D eigenvalue weighted by Gasteiger charge is -2.13. The Morgan fingerprint density at radius 1 is 1.17 bits per heavy atom. The minimum absolute atomic E-state index is 0.150. The summed E-state index contributed by atoms with van der Waals surface area (Å²) in [7, 11) is 0. The quantitative estimate of drug-likeness (QED) is 0.750. The summed E-state index contributed by atoms with van der Waals surface area (Å²) in [4.78, 5) is 12.0. The third-order valence-corrected chi connectivity index (χ3v) is 2.89. The SMILES string of the molecule is NCc1ccc(C(=O)NC2=CCCC=C2N)cc1. The fourth-order valence-electron chi connectivity index (χ4n) is 1.80. The highest BCUT2D eigenvalue weighted by molar-refractivity contribution is 5.95. The Morgan fingerprint density at radius 2 is 1.83 bits per heavy atom. The lowest BCUT2D eigenvalue weighted by molar-refractivity contribution is 0.0966. The fraction of sp³-hybridized carbons (Fsp3) is 0.214. The Hall–Kier alpha value is -2.07. The zero-order chi connectivity index (χ0) is 13.0. The van der Waals surface area contributed by atoms with E-state index in [0.29, 0.717) is 23.5 Å². The zero-order valence-corrected chi connectivity index (χ0v) is 10.1. The topological polar surface area (TPSA) is 81.1 Å². The number of rotatable bonds is 3. The van der Waals surface area contributed by atoms with Crippen LogP contribution in [0.2, 0.25) is 0 Å². The number of benzene rings is 1. The number of allylic oxidation sites excluding steroid dienone is 2. The predicted octanol–water partition coefficient (Wildman–Crippen LogP) is 1.40. The highest BCUT2D eigenvalue weighted by Crippen LogP contribution is 2.13. The van der Waals surface area contributed by atoms with Crippen molar-refractivity contribution in [3.63, 3.8) is 0 Å². The molecule has 0 aromatic heterocycles. The Bertz CT molecular complexity index is 500. The van der Waals surface area contributed by atoms with Crippen LogP contribution in [0.1, 0.15) is 28.8 Å². The number of nitrogens with two attached hydrogens (primary N) is 2. The average molecular weight is 243 g/mol. The van der Waals surface area contributed by atoms with Crippen molar-refractivity contribution >= 4 is 5.91 Å². The van der Waals surface area contributed by atoms with Gasteiger partial charge in [0.1, 0.15) is 0 Å². The van der Waals surface area contributed by atoms with E-state index in [-0.39, 0.29) is 5.91 Å². The largest absolute Gasteiger partial charge is 0.397 e. The maximum atomic E-state index is 12.0. The van der Waals surface area contributed by atoms with Gasteiger partial charge in [0.25, 0.3) is 5.91 Å². The maximum Gasteiger partial charge on any atom is 0.255 e. The van der Waals surface area contributed by atoms with Crippen molar-refractivity contribution in [1.29, 1.82) is 0 Å². The molecule has 1 aliphatic rings. The van der Waals surface area contributed by atoms with Crippen molar-refractivity contribution in [2.24, 2.45) is 11.5 Å². The van der Waals surface area contributed by atoms with E-state index in [9.17, 15) is 4.79 Å². The van der Waals surface area contributed by atoms with E-state index in [0.717, 1.165) is 18.4 Å². The third kappa shape index (κ3) is 2.78. The van der Waals surface area contributed by atoms with Gasteiger partial charge in [0.2, 0.25) is 0 Å². The van der Waals surface area contributed by atoms with Gasteiger partial charge >= 0.3 is 0 Å². The van der Waals surface area contributed by atoms with Crippen LogP contribution in [-0.4, -0.2) is 5.91 Å². The van der Waals surface area contributed by atoms with Gasteiger partial charge in [-0.1, -0.05) is 24.3 Å². The molecule has 5 N–H and O–H groups in total. The zero-order valence-electron chi connectivity index (χ0n) is 10.1. The van der Waals surface area contributed by atoms with Crippen molar-refractivity contribution < 1.29 is 4.79 Å². The molecule has 4 nitrogen and oxygen atoms in total. The molecule has 0 fully saturated rings. The predicted molar refractivity (Wildman–Crippen MR) is 71.4 cm³/mol. The van der Waals surface area contributed by atoms with E-state index >= 15 is 0 Å². The summed E-state index contributed by atoms with van der Waals surface area (Å²) >= 11 is 0. The standard InChI is InChI=1S/C14H17N3O/c15-9-10-5-7-11(8-6-10)14(18)17-13-4-2-1-3-12(13)16/h3-8H,1-2,9,15-16H2,(H,17,18). The summed E-state index contributed by atoms with van der Waals surface area (Å²) in [6, 6.07) is 7.23. The number of hydrogen-bond acceptors (Lipinski definition) is 3. The molecule has 1 aliphatic carbocycles. The van der Waals surface area contributed by atoms with Crippen LogP contribution >= 0.6 is 0 Å². The van der Waals surface area contributed by atoms with Crippen LogP contribution in [0.15, 0.2) is 47.8 Å². The molecule has 0 spiro atoms. The number of carbonyl (C=O) groups is 1. The van der Waals surface area contributed by atoms with Crippen LogP contribution < -0.4 is 16.8 Å². The molecule has 4 heteroatoms. The summed E-state index contributed by atoms with van der Waals surface area (Å²) < 4.78 is 0. The number of amides is 1. The Kier molecular flexibility index (Phi) is 3.79. The third-order valence-electron chi connectivity index (χ3n) is 2.89. The van der Waals surface area contributed by atoms with Crippen LogP contribution in [0.25, 0.3) is 0 Å². The van der Waals surface area contributed by atoms with E-state index in [4.69, 9.17) is 11.5 Å². The smallest absolute Gasteiger partial charge is 0.255 e. The second kappa shape index (κ2) is 5.51. The Labute approximate surface area is 106 Å². The molecule has 94 valence electrons. The first-order chi connectivity index (χ1) is 8.70. The molecule has 0 aliphatic heterocycles. The molecule has 0 atom stereocenters. The van der Waals surface area contributed by atoms with Crippen molar-refractivity contribution in [2.75, 3.05) is 0 Å².